The Morgan fingerprint density at radius 2 is 1.25 bits per heavy atom. The number of pyridine rings is 1. The maximum atomic E-state index is 5.97. The van der Waals surface area contributed by atoms with Crippen LogP contribution in [0.5, 0.6) is 0 Å². The fraction of sp³-hybridized carbons (Fsp3) is 0.750. The van der Waals surface area contributed by atoms with Crippen LogP contribution >= 0.6 is 0 Å². The van der Waals surface area contributed by atoms with E-state index < -0.39 is 16.1 Å². The topological polar surface area (TPSA) is 22.1 Å². The Morgan fingerprint density at radius 1 is 0.792 bits per heavy atom. The van der Waals surface area contributed by atoms with Crippen LogP contribution in [0.1, 0.15) is 58.4 Å². The molecule has 0 bridgehead atoms. The van der Waals surface area contributed by atoms with Gasteiger partial charge in [-0.1, -0.05) is 67.7 Å². The monoisotopic (exact) mass is 363 g/mol. The van der Waals surface area contributed by atoms with Gasteiger partial charge in [0.05, 0.1) is 21.3 Å². The van der Waals surface area contributed by atoms with E-state index in [0.29, 0.717) is 10.1 Å². The average molecular weight is 364 g/mol. The first-order valence-electron chi connectivity index (χ1n) is 9.23. The van der Waals surface area contributed by atoms with Crippen LogP contribution in [0.2, 0.25) is 36.3 Å². The van der Waals surface area contributed by atoms with Crippen molar-refractivity contribution in [3.63, 3.8) is 0 Å². The summed E-state index contributed by atoms with van der Waals surface area (Å²) in [5, 5.41) is 3.56. The predicted molar refractivity (Wildman–Crippen MR) is 111 cm³/mol. The van der Waals surface area contributed by atoms with Crippen molar-refractivity contribution < 1.29 is 4.74 Å². The molecule has 0 fully saturated rings. The molecule has 4 heteroatoms. The molecule has 0 saturated carbocycles. The molecule has 0 amide bonds. The number of hydrogen-bond donors (Lipinski definition) is 0. The summed E-state index contributed by atoms with van der Waals surface area (Å²) in [5.41, 5.74) is 4.20. The Bertz CT molecular complexity index is 649. The van der Waals surface area contributed by atoms with Crippen LogP contribution in [-0.4, -0.2) is 21.1 Å². The summed E-state index contributed by atoms with van der Waals surface area (Å²) in [6.07, 6.45) is 0. The molecule has 1 aliphatic rings. The highest BCUT2D eigenvalue weighted by Gasteiger charge is 2.45. The first-order chi connectivity index (χ1) is 10.6. The molecule has 0 spiro atoms. The van der Waals surface area contributed by atoms with Crippen LogP contribution in [0, 0.1) is 6.92 Å². The third kappa shape index (κ3) is 2.95. The van der Waals surface area contributed by atoms with Gasteiger partial charge in [-0.15, -0.1) is 0 Å². The molecule has 136 valence electrons. The maximum Gasteiger partial charge on any atom is 0.110 e. The van der Waals surface area contributed by atoms with Gasteiger partial charge in [0.25, 0.3) is 0 Å². The van der Waals surface area contributed by atoms with Crippen LogP contribution in [0.15, 0.2) is 0 Å². The van der Waals surface area contributed by atoms with Crippen LogP contribution < -0.4 is 10.5 Å². The number of nitrogens with zero attached hydrogens (tertiary/aromatic N) is 1. The van der Waals surface area contributed by atoms with Gasteiger partial charge in [0.2, 0.25) is 0 Å². The number of ether oxygens (including phenoxy) is 1. The van der Waals surface area contributed by atoms with E-state index in [1.54, 1.807) is 5.19 Å². The van der Waals surface area contributed by atoms with Crippen molar-refractivity contribution in [2.75, 3.05) is 0 Å². The van der Waals surface area contributed by atoms with Crippen LogP contribution in [0.4, 0.5) is 0 Å². The Morgan fingerprint density at radius 3 is 1.71 bits per heavy atom. The molecule has 1 aliphatic heterocycles. The van der Waals surface area contributed by atoms with E-state index in [2.05, 4.69) is 74.7 Å². The number of hydrogen-bond acceptors (Lipinski definition) is 2. The highest BCUT2D eigenvalue weighted by atomic mass is 28.3. The minimum absolute atomic E-state index is 0.293. The predicted octanol–water partition coefficient (Wildman–Crippen LogP) is 4.85. The summed E-state index contributed by atoms with van der Waals surface area (Å²) < 4.78 is 5.97. The van der Waals surface area contributed by atoms with Crippen molar-refractivity contribution in [1.82, 2.24) is 4.98 Å². The normalized spacial score (nSPS) is 16.5. The van der Waals surface area contributed by atoms with E-state index in [-0.39, 0.29) is 0 Å². The maximum absolute atomic E-state index is 5.97. The van der Waals surface area contributed by atoms with Crippen molar-refractivity contribution in [2.45, 2.75) is 97.9 Å². The molecule has 1 aromatic heterocycles. The lowest BCUT2D eigenvalue weighted by atomic mass is 10.1. The summed E-state index contributed by atoms with van der Waals surface area (Å²) in [5.74, 6) is 0. The summed E-state index contributed by atoms with van der Waals surface area (Å²) in [6.45, 7) is 28.0. The van der Waals surface area contributed by atoms with Gasteiger partial charge in [-0.05, 0) is 27.8 Å². The Hall–Kier alpha value is -0.456. The Balaban J connectivity index is 2.78. The van der Waals surface area contributed by atoms with Gasteiger partial charge in [0.1, 0.15) is 8.07 Å². The van der Waals surface area contributed by atoms with Crippen LogP contribution in [0.3, 0.4) is 0 Å². The third-order valence-corrected chi connectivity index (χ3v) is 18.1. The van der Waals surface area contributed by atoms with Gasteiger partial charge in [0.15, 0.2) is 0 Å². The first-order valence-corrected chi connectivity index (χ1v) is 15.2. The number of aromatic nitrogens is 1. The van der Waals surface area contributed by atoms with E-state index >= 15 is 0 Å². The zero-order chi connectivity index (χ0) is 18.7. The molecular weight excluding hydrogens is 326 g/mol. The second-order valence-corrected chi connectivity index (χ2v) is 21.1. The molecule has 0 radical (unpaired) electrons. The van der Waals surface area contributed by atoms with Gasteiger partial charge in [-0.2, -0.15) is 0 Å². The Labute approximate surface area is 151 Å². The van der Waals surface area contributed by atoms with E-state index in [1.807, 2.05) is 0 Å². The van der Waals surface area contributed by atoms with Gasteiger partial charge in [-0.3, -0.25) is 4.98 Å². The second-order valence-electron chi connectivity index (χ2n) is 10.6. The molecule has 1 aromatic rings. The van der Waals surface area contributed by atoms with E-state index in [1.165, 1.54) is 22.1 Å². The minimum atomic E-state index is -1.67. The second kappa shape index (κ2) is 5.78. The first kappa shape index (κ1) is 19.9. The van der Waals surface area contributed by atoms with Crippen LogP contribution in [-0.2, 0) is 18.0 Å². The minimum Gasteiger partial charge on any atom is -0.372 e. The summed E-state index contributed by atoms with van der Waals surface area (Å²) in [4.78, 5) is 5.28. The van der Waals surface area contributed by atoms with Crippen molar-refractivity contribution in [2.24, 2.45) is 0 Å². The van der Waals surface area contributed by atoms with E-state index in [0.717, 1.165) is 13.2 Å². The molecule has 0 aliphatic carbocycles. The van der Waals surface area contributed by atoms with Gasteiger partial charge >= 0.3 is 0 Å². The quantitative estimate of drug-likeness (QED) is 0.701. The molecule has 2 heterocycles. The molecule has 0 unspecified atom stereocenters. The summed E-state index contributed by atoms with van der Waals surface area (Å²) >= 11 is 0. The molecule has 0 N–H and O–H groups in total. The average Bonchev–Trinajstić information content (AvgIpc) is 2.82. The van der Waals surface area contributed by atoms with Gasteiger partial charge < -0.3 is 4.74 Å². The lowest BCUT2D eigenvalue weighted by Crippen LogP contribution is -2.57. The molecule has 0 atom stereocenters. The molecule has 0 saturated heterocycles. The molecule has 0 aromatic carbocycles. The Kier molecular flexibility index (Phi) is 4.78. The zero-order valence-electron chi connectivity index (χ0n) is 17.8. The fourth-order valence-electron chi connectivity index (χ4n) is 3.45. The lowest BCUT2D eigenvalue weighted by Gasteiger charge is -2.41. The van der Waals surface area contributed by atoms with Crippen molar-refractivity contribution in [3.8, 4) is 0 Å². The van der Waals surface area contributed by atoms with Crippen molar-refractivity contribution >= 4 is 26.7 Å². The van der Waals surface area contributed by atoms with Gasteiger partial charge in [-0.25, -0.2) is 0 Å². The molecule has 2 rings (SSSR count). The molecular formula is C20H37NOSi2. The SMILES string of the molecule is Cc1nc([Si](C)(C)C(C)(C)C)c2c(c1[Si](C)(C)C(C)(C)C)COC2. The number of aryl methyl sites for hydroxylation is 1. The standard InChI is InChI=1S/C20H37NOSi2/c1-14-17(23(8,9)19(2,3)4)15-12-22-13-16(15)18(21-14)24(10,11)20(5,6)7/h12-13H2,1-11H3. The van der Waals surface area contributed by atoms with Crippen LogP contribution in [0.25, 0.3) is 0 Å². The highest BCUT2D eigenvalue weighted by molar-refractivity contribution is 6.94. The third-order valence-electron chi connectivity index (χ3n) is 7.05. The number of fused-ring (bicyclic) bond motifs is 1. The highest BCUT2D eigenvalue weighted by Crippen LogP contribution is 2.40. The fourth-order valence-corrected chi connectivity index (χ4v) is 8.27. The summed E-state index contributed by atoms with van der Waals surface area (Å²) in [7, 11) is -3.31. The number of rotatable bonds is 2. The molecule has 2 nitrogen and oxygen atoms in total. The zero-order valence-corrected chi connectivity index (χ0v) is 19.8. The summed E-state index contributed by atoms with van der Waals surface area (Å²) in [6, 6.07) is 0. The molecule has 24 heavy (non-hydrogen) atoms. The van der Waals surface area contributed by atoms with E-state index in [9.17, 15) is 0 Å². The smallest absolute Gasteiger partial charge is 0.110 e. The van der Waals surface area contributed by atoms with Crippen molar-refractivity contribution in [1.29, 1.82) is 0 Å². The van der Waals surface area contributed by atoms with Gasteiger partial charge in [0, 0.05) is 16.6 Å². The lowest BCUT2D eigenvalue weighted by molar-refractivity contribution is 0.135. The van der Waals surface area contributed by atoms with E-state index in [4.69, 9.17) is 9.72 Å². The van der Waals surface area contributed by atoms with Crippen molar-refractivity contribution in [3.05, 3.63) is 16.8 Å². The largest absolute Gasteiger partial charge is 0.372 e.